The third-order valence-electron chi connectivity index (χ3n) is 3.38. The van der Waals surface area contributed by atoms with E-state index in [1.54, 1.807) is 25.7 Å². The Labute approximate surface area is 120 Å². The van der Waals surface area contributed by atoms with E-state index in [0.717, 1.165) is 17.0 Å². The lowest BCUT2D eigenvalue weighted by Crippen LogP contribution is -2.23. The van der Waals surface area contributed by atoms with Crippen LogP contribution in [0.15, 0.2) is 36.8 Å². The quantitative estimate of drug-likeness (QED) is 0.907. The van der Waals surface area contributed by atoms with Crippen LogP contribution >= 0.6 is 0 Å². The van der Waals surface area contributed by atoms with E-state index < -0.39 is 0 Å². The van der Waals surface area contributed by atoms with Crippen molar-refractivity contribution < 1.29 is 4.74 Å². The summed E-state index contributed by atoms with van der Waals surface area (Å²) in [4.78, 5) is 8.44. The molecule has 1 aromatic carbocycles. The van der Waals surface area contributed by atoms with Crippen LogP contribution in [-0.4, -0.2) is 17.1 Å². The molecule has 2 unspecified atom stereocenters. The highest BCUT2D eigenvalue weighted by Gasteiger charge is 2.15. The Hall–Kier alpha value is -1.94. The molecular formula is C16H21N3O. The van der Waals surface area contributed by atoms with Crippen LogP contribution in [0.1, 0.15) is 42.8 Å². The van der Waals surface area contributed by atoms with E-state index >= 15 is 0 Å². The number of aromatic nitrogens is 2. The van der Waals surface area contributed by atoms with Gasteiger partial charge in [0.2, 0.25) is 0 Å². The Morgan fingerprint density at radius 1 is 1.15 bits per heavy atom. The van der Waals surface area contributed by atoms with Gasteiger partial charge >= 0.3 is 0 Å². The zero-order chi connectivity index (χ0) is 14.5. The second kappa shape index (κ2) is 6.48. The maximum Gasteiger partial charge on any atom is 0.123 e. The lowest BCUT2D eigenvalue weighted by molar-refractivity contribution is 0.395. The summed E-state index contributed by atoms with van der Waals surface area (Å²) in [7, 11) is 1.70. The molecule has 0 spiro atoms. The number of methoxy groups -OCH3 is 1. The highest BCUT2D eigenvalue weighted by atomic mass is 16.5. The van der Waals surface area contributed by atoms with Gasteiger partial charge in [-0.1, -0.05) is 17.7 Å². The molecule has 1 N–H and O–H groups in total. The van der Waals surface area contributed by atoms with E-state index in [1.165, 1.54) is 5.56 Å². The Morgan fingerprint density at radius 2 is 1.95 bits per heavy atom. The van der Waals surface area contributed by atoms with Gasteiger partial charge in [-0.15, -0.1) is 0 Å². The topological polar surface area (TPSA) is 47.0 Å². The summed E-state index contributed by atoms with van der Waals surface area (Å²) in [5, 5.41) is 3.53. The lowest BCUT2D eigenvalue weighted by atomic mass is 10.0. The molecule has 0 fully saturated rings. The van der Waals surface area contributed by atoms with E-state index in [1.807, 2.05) is 6.07 Å². The van der Waals surface area contributed by atoms with Crippen LogP contribution in [0.5, 0.6) is 5.75 Å². The maximum absolute atomic E-state index is 5.44. The molecule has 20 heavy (non-hydrogen) atoms. The van der Waals surface area contributed by atoms with E-state index in [-0.39, 0.29) is 12.1 Å². The average Bonchev–Trinajstić information content (AvgIpc) is 2.48. The molecule has 0 aliphatic rings. The fraction of sp³-hybridized carbons (Fsp3) is 0.375. The zero-order valence-electron chi connectivity index (χ0n) is 12.4. The largest absolute Gasteiger partial charge is 0.496 e. The van der Waals surface area contributed by atoms with Crippen LogP contribution in [0.2, 0.25) is 0 Å². The zero-order valence-corrected chi connectivity index (χ0v) is 12.4. The highest BCUT2D eigenvalue weighted by Crippen LogP contribution is 2.27. The van der Waals surface area contributed by atoms with Gasteiger partial charge in [-0.3, -0.25) is 9.97 Å². The minimum atomic E-state index is 0.129. The van der Waals surface area contributed by atoms with E-state index in [4.69, 9.17) is 4.74 Å². The molecule has 2 aromatic rings. The number of hydrogen-bond donors (Lipinski definition) is 1. The van der Waals surface area contributed by atoms with E-state index in [0.29, 0.717) is 0 Å². The molecule has 0 aliphatic carbocycles. The van der Waals surface area contributed by atoms with Crippen molar-refractivity contribution in [1.82, 2.24) is 15.3 Å². The lowest BCUT2D eigenvalue weighted by Gasteiger charge is -2.22. The van der Waals surface area contributed by atoms with Crippen LogP contribution in [0.4, 0.5) is 0 Å². The first-order chi connectivity index (χ1) is 9.61. The first kappa shape index (κ1) is 14.5. The van der Waals surface area contributed by atoms with Crippen molar-refractivity contribution in [2.24, 2.45) is 0 Å². The molecule has 2 atom stereocenters. The summed E-state index contributed by atoms with van der Waals surface area (Å²) in [5.41, 5.74) is 3.32. The van der Waals surface area contributed by atoms with Gasteiger partial charge in [0.05, 0.1) is 12.8 Å². The molecule has 0 saturated heterocycles. The molecule has 0 aliphatic heterocycles. The van der Waals surface area contributed by atoms with E-state index in [9.17, 15) is 0 Å². The van der Waals surface area contributed by atoms with Crippen LogP contribution in [0.25, 0.3) is 0 Å². The normalized spacial score (nSPS) is 13.8. The van der Waals surface area contributed by atoms with Crippen LogP contribution < -0.4 is 10.1 Å². The molecule has 4 heteroatoms. The average molecular weight is 271 g/mol. The van der Waals surface area contributed by atoms with Crippen molar-refractivity contribution in [2.75, 3.05) is 7.11 Å². The van der Waals surface area contributed by atoms with Gasteiger partial charge in [0, 0.05) is 36.2 Å². The first-order valence-corrected chi connectivity index (χ1v) is 6.78. The highest BCUT2D eigenvalue weighted by molar-refractivity contribution is 5.39. The van der Waals surface area contributed by atoms with Crippen LogP contribution in [0, 0.1) is 6.92 Å². The minimum absolute atomic E-state index is 0.129. The molecule has 0 radical (unpaired) electrons. The van der Waals surface area contributed by atoms with Crippen molar-refractivity contribution in [3.05, 3.63) is 53.6 Å². The molecule has 106 valence electrons. The summed E-state index contributed by atoms with van der Waals surface area (Å²) in [5.74, 6) is 0.905. The maximum atomic E-state index is 5.44. The number of ether oxygens (including phenoxy) is 1. The standard InChI is InChI=1S/C16H21N3O/c1-11-5-6-16(20-4)14(9-11)12(2)19-13(3)15-10-17-7-8-18-15/h5-10,12-13,19H,1-4H3. The van der Waals surface area contributed by atoms with Gasteiger partial charge in [0.25, 0.3) is 0 Å². The first-order valence-electron chi connectivity index (χ1n) is 6.78. The second-order valence-corrected chi connectivity index (χ2v) is 4.99. The second-order valence-electron chi connectivity index (χ2n) is 4.99. The molecule has 1 heterocycles. The Morgan fingerprint density at radius 3 is 2.60 bits per heavy atom. The Kier molecular flexibility index (Phi) is 4.69. The van der Waals surface area contributed by atoms with Gasteiger partial charge in [0.15, 0.2) is 0 Å². The molecule has 0 saturated carbocycles. The van der Waals surface area contributed by atoms with Crippen molar-refractivity contribution in [3.63, 3.8) is 0 Å². The fourth-order valence-electron chi connectivity index (χ4n) is 2.28. The van der Waals surface area contributed by atoms with Crippen molar-refractivity contribution in [1.29, 1.82) is 0 Å². The van der Waals surface area contributed by atoms with E-state index in [2.05, 4.69) is 48.2 Å². The van der Waals surface area contributed by atoms with Crippen LogP contribution in [-0.2, 0) is 0 Å². The van der Waals surface area contributed by atoms with Crippen molar-refractivity contribution >= 4 is 0 Å². The minimum Gasteiger partial charge on any atom is -0.496 e. The Bertz CT molecular complexity index is 557. The number of rotatable bonds is 5. The van der Waals surface area contributed by atoms with Gasteiger partial charge in [-0.25, -0.2) is 0 Å². The fourth-order valence-corrected chi connectivity index (χ4v) is 2.28. The molecule has 0 bridgehead atoms. The molecule has 0 amide bonds. The summed E-state index contributed by atoms with van der Waals surface area (Å²) >= 11 is 0. The number of aryl methyl sites for hydroxylation is 1. The summed E-state index contributed by atoms with van der Waals surface area (Å²) in [6, 6.07) is 6.52. The van der Waals surface area contributed by atoms with Gasteiger partial charge in [0.1, 0.15) is 5.75 Å². The molecule has 2 rings (SSSR count). The number of nitrogens with one attached hydrogen (secondary N) is 1. The predicted molar refractivity (Wildman–Crippen MR) is 79.7 cm³/mol. The number of nitrogens with zero attached hydrogens (tertiary/aromatic N) is 2. The molecule has 1 aromatic heterocycles. The van der Waals surface area contributed by atoms with Crippen molar-refractivity contribution in [3.8, 4) is 5.75 Å². The summed E-state index contributed by atoms with van der Waals surface area (Å²) < 4.78 is 5.44. The third-order valence-corrected chi connectivity index (χ3v) is 3.38. The van der Waals surface area contributed by atoms with Crippen molar-refractivity contribution in [2.45, 2.75) is 32.9 Å². The third kappa shape index (κ3) is 3.33. The predicted octanol–water partition coefficient (Wildman–Crippen LogP) is 3.21. The number of benzene rings is 1. The summed E-state index contributed by atoms with van der Waals surface area (Å²) in [6.45, 7) is 6.30. The van der Waals surface area contributed by atoms with Crippen LogP contribution in [0.3, 0.4) is 0 Å². The SMILES string of the molecule is COc1ccc(C)cc1C(C)NC(C)c1cnccn1. The molecule has 4 nitrogen and oxygen atoms in total. The molecular weight excluding hydrogens is 250 g/mol. The monoisotopic (exact) mass is 271 g/mol. The summed E-state index contributed by atoms with van der Waals surface area (Å²) in [6.07, 6.45) is 5.19. The van der Waals surface area contributed by atoms with Gasteiger partial charge in [-0.05, 0) is 26.8 Å². The Balaban J connectivity index is 2.16. The number of hydrogen-bond acceptors (Lipinski definition) is 4. The van der Waals surface area contributed by atoms with Gasteiger partial charge < -0.3 is 10.1 Å². The smallest absolute Gasteiger partial charge is 0.123 e. The van der Waals surface area contributed by atoms with Gasteiger partial charge in [-0.2, -0.15) is 0 Å².